The Balaban J connectivity index is 1.80. The highest BCUT2D eigenvalue weighted by molar-refractivity contribution is 5.79. The van der Waals surface area contributed by atoms with Gasteiger partial charge in [-0.1, -0.05) is 29.8 Å². The van der Waals surface area contributed by atoms with Gasteiger partial charge in [0, 0.05) is 26.0 Å². The highest BCUT2D eigenvalue weighted by Gasteiger charge is 2.50. The number of aliphatic imine (C=N–C) groups is 1. The zero-order valence-corrected chi connectivity index (χ0v) is 19.3. The third-order valence-electron chi connectivity index (χ3n) is 6.07. The van der Waals surface area contributed by atoms with E-state index in [4.69, 9.17) is 15.3 Å². The van der Waals surface area contributed by atoms with Crippen molar-refractivity contribution in [1.29, 1.82) is 0 Å². The smallest absolute Gasteiger partial charge is 0.416 e. The monoisotopic (exact) mass is 475 g/mol. The number of hydrogen-bond donors (Lipinski definition) is 2. The number of alkyl halides is 3. The van der Waals surface area contributed by atoms with E-state index < -0.39 is 17.5 Å². The Kier molecular flexibility index (Phi) is 6.35. The van der Waals surface area contributed by atoms with Crippen LogP contribution in [0, 0.1) is 5.92 Å². The Hall–Kier alpha value is -3.04. The molecule has 0 radical (unpaired) electrons. The predicted molar refractivity (Wildman–Crippen MR) is 123 cm³/mol. The minimum absolute atomic E-state index is 0.00514. The topological polar surface area (TPSA) is 80.3 Å². The summed E-state index contributed by atoms with van der Waals surface area (Å²) in [4.78, 5) is 10.7. The summed E-state index contributed by atoms with van der Waals surface area (Å²) in [7, 11) is 1.65. The minimum Gasteiger partial charge on any atom is -0.489 e. The van der Waals surface area contributed by atoms with Crippen LogP contribution in [0.5, 0.6) is 5.75 Å². The maximum absolute atomic E-state index is 13.3. The van der Waals surface area contributed by atoms with Gasteiger partial charge in [-0.25, -0.2) is 14.9 Å². The largest absolute Gasteiger partial charge is 0.489 e. The van der Waals surface area contributed by atoms with Crippen molar-refractivity contribution in [3.63, 3.8) is 0 Å². The normalized spacial score (nSPS) is 22.7. The molecule has 4 rings (SSSR count). The van der Waals surface area contributed by atoms with Crippen LogP contribution in [0.15, 0.2) is 59.1 Å². The van der Waals surface area contributed by atoms with E-state index in [1.54, 1.807) is 31.3 Å². The van der Waals surface area contributed by atoms with Crippen LogP contribution in [0.4, 0.5) is 13.2 Å². The van der Waals surface area contributed by atoms with Gasteiger partial charge >= 0.3 is 6.18 Å². The Bertz CT molecular complexity index is 1130. The van der Waals surface area contributed by atoms with Gasteiger partial charge in [0.25, 0.3) is 0 Å². The predicted octanol–water partition coefficient (Wildman–Crippen LogP) is 4.83. The van der Waals surface area contributed by atoms with Crippen molar-refractivity contribution in [3.05, 3.63) is 65.2 Å². The lowest BCUT2D eigenvalue weighted by molar-refractivity contribution is -0.193. The number of halogens is 3. The van der Waals surface area contributed by atoms with Crippen LogP contribution in [0.3, 0.4) is 0 Å². The molecule has 3 unspecified atom stereocenters. The number of benzene rings is 2. The first-order chi connectivity index (χ1) is 16.0. The number of aliphatic hydroxyl groups is 1. The molecule has 2 heterocycles. The first kappa shape index (κ1) is 24.1. The number of rotatable bonds is 5. The number of ether oxygens (including phenoxy) is 1. The molecule has 0 amide bonds. The molecule has 2 aliphatic rings. The fraction of sp³-hybridized carbons (Fsp3) is 0.400. The first-order valence-electron chi connectivity index (χ1n) is 11.1. The van der Waals surface area contributed by atoms with Gasteiger partial charge in [0.1, 0.15) is 11.9 Å². The van der Waals surface area contributed by atoms with Gasteiger partial charge < -0.3 is 15.6 Å². The summed E-state index contributed by atoms with van der Waals surface area (Å²) in [6.07, 6.45) is -1.91. The summed E-state index contributed by atoms with van der Waals surface area (Å²) in [6, 6.07) is 10.4. The van der Waals surface area contributed by atoms with Gasteiger partial charge in [-0.3, -0.25) is 0 Å². The van der Waals surface area contributed by atoms with Crippen LogP contribution in [0.25, 0.3) is 11.1 Å². The number of nitrogens with zero attached hydrogens (tertiary/aromatic N) is 2. The van der Waals surface area contributed by atoms with Crippen molar-refractivity contribution in [2.45, 2.75) is 44.7 Å². The lowest BCUT2D eigenvalue weighted by atomic mass is 9.84. The third kappa shape index (κ3) is 4.63. The third-order valence-corrected chi connectivity index (χ3v) is 6.07. The van der Waals surface area contributed by atoms with Crippen molar-refractivity contribution in [2.75, 3.05) is 13.7 Å². The summed E-state index contributed by atoms with van der Waals surface area (Å²) in [5.41, 5.74) is 6.82. The molecule has 2 aromatic rings. The molecule has 3 N–H and O–H groups in total. The van der Waals surface area contributed by atoms with Crippen LogP contribution >= 0.6 is 0 Å². The van der Waals surface area contributed by atoms with Crippen LogP contribution < -0.4 is 10.5 Å². The second kappa shape index (κ2) is 8.96. The highest BCUT2D eigenvalue weighted by Crippen LogP contribution is 2.49. The Labute approximate surface area is 196 Å². The molecule has 182 valence electrons. The summed E-state index contributed by atoms with van der Waals surface area (Å²) < 4.78 is 46.1. The number of allylic oxidation sites excluding steroid dienone is 1. The number of aliphatic hydroxyl groups excluding tert-OH is 1. The second-order valence-electron chi connectivity index (χ2n) is 8.91. The number of guanidine groups is 1. The van der Waals surface area contributed by atoms with E-state index in [1.807, 2.05) is 13.8 Å². The van der Waals surface area contributed by atoms with Crippen molar-refractivity contribution in [3.8, 4) is 16.9 Å². The Morgan fingerprint density at radius 1 is 1.26 bits per heavy atom. The fourth-order valence-electron chi connectivity index (χ4n) is 4.51. The number of nitrogens with two attached hydrogens (primary N) is 1. The van der Waals surface area contributed by atoms with E-state index >= 15 is 0 Å². The molecular weight excluding hydrogens is 447 g/mol. The van der Waals surface area contributed by atoms with Crippen LogP contribution in [-0.4, -0.2) is 35.9 Å². The first-order valence-corrected chi connectivity index (χ1v) is 11.1. The summed E-state index contributed by atoms with van der Waals surface area (Å²) >= 11 is 0. The van der Waals surface area contributed by atoms with Gasteiger partial charge in [0.15, 0.2) is 0 Å². The van der Waals surface area contributed by atoms with Crippen LogP contribution in [0.1, 0.15) is 37.8 Å². The molecule has 34 heavy (non-hydrogen) atoms. The Morgan fingerprint density at radius 2 is 2.00 bits per heavy atom. The molecule has 6 nitrogen and oxygen atoms in total. The molecule has 0 bridgehead atoms. The van der Waals surface area contributed by atoms with E-state index in [0.29, 0.717) is 35.3 Å². The molecule has 2 aromatic carbocycles. The lowest BCUT2D eigenvalue weighted by Gasteiger charge is -2.39. The molecule has 9 heteroatoms. The maximum atomic E-state index is 13.3. The maximum Gasteiger partial charge on any atom is 0.416 e. The SMILES string of the molecule is CC(C)=CC(CCO)C1CC2(N=C(N)N(C)O2)c2cc(-c3cccc(C(F)(F)F)c3)ccc2O1. The zero-order valence-electron chi connectivity index (χ0n) is 19.3. The number of hydrogen-bond acceptors (Lipinski definition) is 6. The van der Waals surface area contributed by atoms with Gasteiger partial charge in [-0.2, -0.15) is 13.2 Å². The van der Waals surface area contributed by atoms with Crippen molar-refractivity contribution >= 4 is 5.96 Å². The fourth-order valence-corrected chi connectivity index (χ4v) is 4.51. The van der Waals surface area contributed by atoms with E-state index in [2.05, 4.69) is 11.1 Å². The van der Waals surface area contributed by atoms with E-state index in [0.717, 1.165) is 17.7 Å². The molecular formula is C25H28F3N3O3. The summed E-state index contributed by atoms with van der Waals surface area (Å²) in [5, 5.41) is 11.0. The van der Waals surface area contributed by atoms with Gasteiger partial charge in [0.05, 0.1) is 11.1 Å². The van der Waals surface area contributed by atoms with Crippen LogP contribution in [0.2, 0.25) is 0 Å². The van der Waals surface area contributed by atoms with Gasteiger partial charge in [-0.05, 0) is 55.7 Å². The average Bonchev–Trinajstić information content (AvgIpc) is 3.05. The minimum atomic E-state index is -4.44. The quantitative estimate of drug-likeness (QED) is 0.606. The molecule has 0 saturated heterocycles. The van der Waals surface area contributed by atoms with Crippen molar-refractivity contribution in [2.24, 2.45) is 16.6 Å². The zero-order chi connectivity index (χ0) is 24.7. The highest BCUT2D eigenvalue weighted by atomic mass is 19.4. The van der Waals surface area contributed by atoms with Gasteiger partial charge in [-0.15, -0.1) is 0 Å². The van der Waals surface area contributed by atoms with Crippen molar-refractivity contribution < 1.29 is 27.9 Å². The molecule has 0 saturated carbocycles. The average molecular weight is 476 g/mol. The number of fused-ring (bicyclic) bond motifs is 2. The molecule has 2 aliphatic heterocycles. The summed E-state index contributed by atoms with van der Waals surface area (Å²) in [6.45, 7) is 3.96. The molecule has 1 spiro atoms. The van der Waals surface area contributed by atoms with E-state index in [9.17, 15) is 18.3 Å². The van der Waals surface area contributed by atoms with Gasteiger partial charge in [0.2, 0.25) is 11.7 Å². The van der Waals surface area contributed by atoms with Crippen molar-refractivity contribution in [1.82, 2.24) is 5.06 Å². The molecule has 0 fully saturated rings. The molecule has 3 atom stereocenters. The second-order valence-corrected chi connectivity index (χ2v) is 8.91. The molecule has 0 aromatic heterocycles. The Morgan fingerprint density at radius 3 is 2.62 bits per heavy atom. The molecule has 0 aliphatic carbocycles. The number of hydroxylamine groups is 2. The van der Waals surface area contributed by atoms with E-state index in [-0.39, 0.29) is 24.6 Å². The van der Waals surface area contributed by atoms with E-state index in [1.165, 1.54) is 11.1 Å². The summed E-state index contributed by atoms with van der Waals surface area (Å²) in [5.74, 6) is 0.620. The lowest BCUT2D eigenvalue weighted by Crippen LogP contribution is -2.42. The van der Waals surface area contributed by atoms with Crippen LogP contribution in [-0.2, 0) is 16.7 Å². The standard InChI is InChI=1S/C25H28F3N3O3/c1-15(2)11-18(9-10-32)22-14-24(30-23(29)31(3)34-24)20-13-17(7-8-21(20)33-22)16-5-4-6-19(12-16)25(26,27)28/h4-8,11-13,18,22,32H,9-10,14H2,1-3H3,(H2,29,30).